The summed E-state index contributed by atoms with van der Waals surface area (Å²) in [5.74, 6) is 0.358. The number of ether oxygens (including phenoxy) is 1. The van der Waals surface area contributed by atoms with Gasteiger partial charge in [0, 0.05) is 29.7 Å². The van der Waals surface area contributed by atoms with E-state index in [1.165, 1.54) is 38.2 Å². The Bertz CT molecular complexity index is 1520. The number of nitrogens with one attached hydrogen (secondary N) is 1. The van der Waals surface area contributed by atoms with Crippen molar-refractivity contribution in [3.63, 3.8) is 0 Å². The fraction of sp³-hybridized carbons (Fsp3) is 0.500. The molecule has 0 amide bonds. The summed E-state index contributed by atoms with van der Waals surface area (Å²) in [7, 11) is 0. The average molecular weight is 574 g/mol. The summed E-state index contributed by atoms with van der Waals surface area (Å²) in [6.07, 6.45) is 12.9. The van der Waals surface area contributed by atoms with Crippen LogP contribution in [-0.2, 0) is 0 Å². The number of pyridine rings is 1. The molecular weight excluding hydrogens is 532 g/mol. The Morgan fingerprint density at radius 3 is 2.67 bits per heavy atom. The van der Waals surface area contributed by atoms with Crippen molar-refractivity contribution < 1.29 is 13.5 Å². The van der Waals surface area contributed by atoms with Gasteiger partial charge >= 0.3 is 6.01 Å². The van der Waals surface area contributed by atoms with Gasteiger partial charge in [0.25, 0.3) is 0 Å². The highest BCUT2D eigenvalue weighted by molar-refractivity contribution is 5.99. The quantitative estimate of drug-likeness (QED) is 0.174. The average Bonchev–Trinajstić information content (AvgIpc) is 3.50. The Kier molecular flexibility index (Phi) is 9.08. The van der Waals surface area contributed by atoms with Crippen LogP contribution in [0.25, 0.3) is 32.9 Å². The summed E-state index contributed by atoms with van der Waals surface area (Å²) >= 11 is 0. The summed E-state index contributed by atoms with van der Waals surface area (Å²) < 4.78 is 37.5. The standard InChI is InChI=1S/C34H41F2N5O/c1-2-3-18-37-19-5-4-6-21-42-34-39-32-26(33(40-34)41-20-10-14-23-11-9-17-28(23)41)22-38-31(30(32)36)25-15-7-12-24-13-8-16-27(35)29(24)25/h7-8,12-13,15-16,22-23,28,37H,2-6,9-11,14,17-21H2,1H3. The molecule has 1 aliphatic carbocycles. The van der Waals surface area contributed by atoms with Crippen LogP contribution in [0, 0.1) is 17.6 Å². The van der Waals surface area contributed by atoms with Gasteiger partial charge in [-0.1, -0.05) is 50.1 Å². The molecule has 2 unspecified atom stereocenters. The minimum Gasteiger partial charge on any atom is -0.463 e. The highest BCUT2D eigenvalue weighted by Gasteiger charge is 2.37. The number of hydrogen-bond donors (Lipinski definition) is 1. The molecule has 42 heavy (non-hydrogen) atoms. The maximum Gasteiger partial charge on any atom is 0.319 e. The molecule has 1 aliphatic heterocycles. The lowest BCUT2D eigenvalue weighted by Gasteiger charge is -2.39. The van der Waals surface area contributed by atoms with Crippen LogP contribution in [0.1, 0.15) is 71.1 Å². The van der Waals surface area contributed by atoms with Gasteiger partial charge in [-0.3, -0.25) is 4.98 Å². The monoisotopic (exact) mass is 573 g/mol. The van der Waals surface area contributed by atoms with Crippen molar-refractivity contribution in [3.8, 4) is 17.3 Å². The van der Waals surface area contributed by atoms with Gasteiger partial charge in [0.2, 0.25) is 0 Å². The Morgan fingerprint density at radius 2 is 1.79 bits per heavy atom. The number of piperidine rings is 1. The number of unbranched alkanes of at least 4 members (excludes halogenated alkanes) is 3. The van der Waals surface area contributed by atoms with Crippen LogP contribution in [0.3, 0.4) is 0 Å². The first-order valence-corrected chi connectivity index (χ1v) is 15.8. The first kappa shape index (κ1) is 28.7. The van der Waals surface area contributed by atoms with Crippen LogP contribution < -0.4 is 15.0 Å². The van der Waals surface area contributed by atoms with Gasteiger partial charge in [-0.2, -0.15) is 9.97 Å². The maximum atomic E-state index is 16.5. The summed E-state index contributed by atoms with van der Waals surface area (Å²) in [5, 5.41) is 5.10. The minimum absolute atomic E-state index is 0.0850. The SMILES string of the molecule is CCCCNCCCCCOc1nc(N2CCCC3CCCC32)c2cnc(-c3cccc4cccc(F)c34)c(F)c2n1. The van der Waals surface area contributed by atoms with Crippen molar-refractivity contribution in [1.82, 2.24) is 20.3 Å². The zero-order chi connectivity index (χ0) is 28.9. The lowest BCUT2D eigenvalue weighted by Crippen LogP contribution is -2.43. The van der Waals surface area contributed by atoms with E-state index in [9.17, 15) is 4.39 Å². The predicted molar refractivity (Wildman–Crippen MR) is 165 cm³/mol. The molecule has 3 heterocycles. The molecule has 6 nitrogen and oxygen atoms in total. The van der Waals surface area contributed by atoms with Crippen molar-refractivity contribution in [2.75, 3.05) is 31.1 Å². The second-order valence-corrected chi connectivity index (χ2v) is 11.8. The molecule has 4 aromatic rings. The van der Waals surface area contributed by atoms with E-state index in [0.717, 1.165) is 51.7 Å². The normalized spacial score (nSPS) is 18.6. The van der Waals surface area contributed by atoms with Crippen molar-refractivity contribution in [2.24, 2.45) is 5.92 Å². The van der Waals surface area contributed by atoms with Gasteiger partial charge in [-0.25, -0.2) is 8.78 Å². The molecule has 1 saturated heterocycles. The van der Waals surface area contributed by atoms with Gasteiger partial charge < -0.3 is 15.0 Å². The van der Waals surface area contributed by atoms with E-state index in [0.29, 0.717) is 46.1 Å². The third kappa shape index (κ3) is 5.91. The van der Waals surface area contributed by atoms with Crippen LogP contribution in [0.2, 0.25) is 0 Å². The lowest BCUT2D eigenvalue weighted by atomic mass is 9.92. The van der Waals surface area contributed by atoms with Crippen molar-refractivity contribution >= 4 is 27.5 Å². The number of hydrogen-bond acceptors (Lipinski definition) is 6. The molecular formula is C34H41F2N5O. The molecule has 2 atom stereocenters. The zero-order valence-corrected chi connectivity index (χ0v) is 24.5. The smallest absolute Gasteiger partial charge is 0.319 e. The molecule has 2 aliphatic rings. The zero-order valence-electron chi connectivity index (χ0n) is 24.5. The summed E-state index contributed by atoms with van der Waals surface area (Å²) in [4.78, 5) is 16.4. The summed E-state index contributed by atoms with van der Waals surface area (Å²) in [6, 6.07) is 10.8. The molecule has 1 N–H and O–H groups in total. The third-order valence-electron chi connectivity index (χ3n) is 8.95. The summed E-state index contributed by atoms with van der Waals surface area (Å²) in [6.45, 7) is 5.61. The Balaban J connectivity index is 1.33. The van der Waals surface area contributed by atoms with E-state index in [1.54, 1.807) is 24.4 Å². The number of anilines is 1. The second-order valence-electron chi connectivity index (χ2n) is 11.8. The first-order valence-electron chi connectivity index (χ1n) is 15.8. The number of fused-ring (bicyclic) bond motifs is 3. The fourth-order valence-corrected chi connectivity index (χ4v) is 6.82. The third-order valence-corrected chi connectivity index (χ3v) is 8.95. The first-order chi connectivity index (χ1) is 20.7. The van der Waals surface area contributed by atoms with Gasteiger partial charge in [0.05, 0.1) is 12.0 Å². The molecule has 1 saturated carbocycles. The lowest BCUT2D eigenvalue weighted by molar-refractivity contribution is 0.281. The number of halogens is 2. The van der Waals surface area contributed by atoms with Crippen LogP contribution in [0.5, 0.6) is 6.01 Å². The van der Waals surface area contributed by atoms with Crippen LogP contribution in [0.15, 0.2) is 42.6 Å². The van der Waals surface area contributed by atoms with Crippen molar-refractivity contribution in [2.45, 2.75) is 77.2 Å². The largest absolute Gasteiger partial charge is 0.463 e. The molecule has 8 heteroatoms. The second kappa shape index (κ2) is 13.3. The number of benzene rings is 2. The molecule has 0 bridgehead atoms. The molecule has 2 fully saturated rings. The van der Waals surface area contributed by atoms with E-state index in [1.807, 2.05) is 12.1 Å². The van der Waals surface area contributed by atoms with Gasteiger partial charge in [0.1, 0.15) is 22.8 Å². The van der Waals surface area contributed by atoms with Crippen LogP contribution in [0.4, 0.5) is 14.6 Å². The Hall–Kier alpha value is -3.39. The van der Waals surface area contributed by atoms with Gasteiger partial charge in [0.15, 0.2) is 5.82 Å². The van der Waals surface area contributed by atoms with E-state index in [2.05, 4.69) is 27.1 Å². The Labute approximate surface area is 246 Å². The minimum atomic E-state index is -0.574. The highest BCUT2D eigenvalue weighted by atomic mass is 19.1. The Morgan fingerprint density at radius 1 is 0.952 bits per heavy atom. The van der Waals surface area contributed by atoms with Gasteiger partial charge in [-0.05, 0) is 81.8 Å². The van der Waals surface area contributed by atoms with Crippen molar-refractivity contribution in [3.05, 3.63) is 54.2 Å². The maximum absolute atomic E-state index is 16.5. The molecule has 6 rings (SSSR count). The molecule has 0 radical (unpaired) electrons. The summed E-state index contributed by atoms with van der Waals surface area (Å²) in [5.41, 5.74) is 0.671. The molecule has 0 spiro atoms. The van der Waals surface area contributed by atoms with E-state index < -0.39 is 11.6 Å². The number of nitrogens with zero attached hydrogens (tertiary/aromatic N) is 4. The van der Waals surface area contributed by atoms with Crippen molar-refractivity contribution in [1.29, 1.82) is 0 Å². The van der Waals surface area contributed by atoms with E-state index in [4.69, 9.17) is 9.72 Å². The van der Waals surface area contributed by atoms with Crippen LogP contribution >= 0.6 is 0 Å². The number of rotatable bonds is 12. The van der Waals surface area contributed by atoms with Crippen LogP contribution in [-0.4, -0.2) is 47.2 Å². The fourth-order valence-electron chi connectivity index (χ4n) is 6.82. The molecule has 2 aromatic carbocycles. The molecule has 222 valence electrons. The van der Waals surface area contributed by atoms with E-state index in [-0.39, 0.29) is 17.2 Å². The van der Waals surface area contributed by atoms with Gasteiger partial charge in [-0.15, -0.1) is 0 Å². The van der Waals surface area contributed by atoms with E-state index >= 15 is 4.39 Å². The highest BCUT2D eigenvalue weighted by Crippen LogP contribution is 2.42. The number of aromatic nitrogens is 3. The molecule has 2 aromatic heterocycles. The topological polar surface area (TPSA) is 63.2 Å². The predicted octanol–water partition coefficient (Wildman–Crippen LogP) is 7.83.